The van der Waals surface area contributed by atoms with Crippen molar-refractivity contribution < 1.29 is 4.52 Å². The summed E-state index contributed by atoms with van der Waals surface area (Å²) < 4.78 is 5.40. The van der Waals surface area contributed by atoms with Gasteiger partial charge in [0.15, 0.2) is 5.82 Å². The zero-order valence-electron chi connectivity index (χ0n) is 16.0. The van der Waals surface area contributed by atoms with Gasteiger partial charge in [0, 0.05) is 17.3 Å². The zero-order chi connectivity index (χ0) is 17.8. The van der Waals surface area contributed by atoms with E-state index in [4.69, 9.17) is 4.52 Å². The highest BCUT2D eigenvalue weighted by Crippen LogP contribution is 2.33. The molecule has 1 aromatic carbocycles. The molecule has 0 radical (unpaired) electrons. The summed E-state index contributed by atoms with van der Waals surface area (Å²) in [5, 5.41) is 7.81. The first-order valence-corrected chi connectivity index (χ1v) is 10.5. The smallest absolute Gasteiger partial charge is 0.257 e. The molecular formula is C22H31N3O. The van der Waals surface area contributed by atoms with Gasteiger partial charge in [-0.3, -0.25) is 0 Å². The Kier molecular flexibility index (Phi) is 5.57. The molecule has 0 bridgehead atoms. The van der Waals surface area contributed by atoms with Gasteiger partial charge in [-0.05, 0) is 49.8 Å². The van der Waals surface area contributed by atoms with Crippen molar-refractivity contribution in [2.24, 2.45) is 5.92 Å². The molecule has 0 spiro atoms. The average molecular weight is 354 g/mol. The highest BCUT2D eigenvalue weighted by atomic mass is 16.5. The summed E-state index contributed by atoms with van der Waals surface area (Å²) in [5.74, 6) is 2.15. The third-order valence-electron chi connectivity index (χ3n) is 6.08. The zero-order valence-corrected chi connectivity index (χ0v) is 16.0. The second kappa shape index (κ2) is 8.24. The van der Waals surface area contributed by atoms with Crippen LogP contribution in [0, 0.1) is 12.8 Å². The van der Waals surface area contributed by atoms with E-state index >= 15 is 0 Å². The van der Waals surface area contributed by atoms with Crippen molar-refractivity contribution in [1.29, 1.82) is 0 Å². The lowest BCUT2D eigenvalue weighted by molar-refractivity contribution is 0.357. The molecule has 140 valence electrons. The molecule has 2 saturated carbocycles. The number of hydrogen-bond acceptors (Lipinski definition) is 4. The predicted octanol–water partition coefficient (Wildman–Crippen LogP) is 5.91. The van der Waals surface area contributed by atoms with Crippen molar-refractivity contribution in [2.75, 3.05) is 5.32 Å². The van der Waals surface area contributed by atoms with Crippen LogP contribution in [0.2, 0.25) is 0 Å². The maximum absolute atomic E-state index is 5.40. The number of anilines is 1. The Bertz CT molecular complexity index is 712. The fourth-order valence-corrected chi connectivity index (χ4v) is 4.61. The Hall–Kier alpha value is -1.84. The minimum Gasteiger partial charge on any atom is -0.382 e. The molecule has 4 rings (SSSR count). The largest absolute Gasteiger partial charge is 0.382 e. The molecule has 2 aliphatic carbocycles. The molecule has 0 amide bonds. The highest BCUT2D eigenvalue weighted by Gasteiger charge is 2.19. The number of benzene rings is 1. The molecule has 26 heavy (non-hydrogen) atoms. The van der Waals surface area contributed by atoms with E-state index in [0.717, 1.165) is 11.5 Å². The van der Waals surface area contributed by atoms with Crippen LogP contribution in [0.25, 0.3) is 11.5 Å². The van der Waals surface area contributed by atoms with Crippen LogP contribution in [0.3, 0.4) is 0 Å². The second-order valence-corrected chi connectivity index (χ2v) is 8.21. The maximum Gasteiger partial charge on any atom is 0.257 e. The van der Waals surface area contributed by atoms with Crippen molar-refractivity contribution in [3.8, 4) is 11.5 Å². The monoisotopic (exact) mass is 353 g/mol. The van der Waals surface area contributed by atoms with E-state index in [-0.39, 0.29) is 0 Å². The Morgan fingerprint density at radius 1 is 1.00 bits per heavy atom. The molecule has 0 saturated heterocycles. The quantitative estimate of drug-likeness (QED) is 0.725. The van der Waals surface area contributed by atoms with Crippen LogP contribution in [0.5, 0.6) is 0 Å². The minimum atomic E-state index is 0.605. The first-order valence-electron chi connectivity index (χ1n) is 10.5. The van der Waals surface area contributed by atoms with Crippen LogP contribution in [-0.4, -0.2) is 16.2 Å². The number of aromatic nitrogens is 2. The first kappa shape index (κ1) is 17.6. The molecule has 2 aliphatic rings. The van der Waals surface area contributed by atoms with E-state index in [1.54, 1.807) is 0 Å². The van der Waals surface area contributed by atoms with Gasteiger partial charge in [0.25, 0.3) is 5.89 Å². The molecule has 4 heteroatoms. The Balaban J connectivity index is 1.58. The summed E-state index contributed by atoms with van der Waals surface area (Å²) in [4.78, 5) is 4.41. The van der Waals surface area contributed by atoms with Crippen molar-refractivity contribution in [3.63, 3.8) is 0 Å². The van der Waals surface area contributed by atoms with E-state index in [0.29, 0.717) is 17.8 Å². The van der Waals surface area contributed by atoms with E-state index in [9.17, 15) is 0 Å². The number of nitrogens with one attached hydrogen (secondary N) is 1. The maximum atomic E-state index is 5.40. The molecule has 2 aromatic rings. The number of nitrogens with zero attached hydrogens (tertiary/aromatic N) is 2. The van der Waals surface area contributed by atoms with Gasteiger partial charge >= 0.3 is 0 Å². The molecule has 4 nitrogen and oxygen atoms in total. The molecule has 0 atom stereocenters. The lowest BCUT2D eigenvalue weighted by atomic mass is 9.84. The van der Waals surface area contributed by atoms with E-state index in [1.165, 1.54) is 81.9 Å². The van der Waals surface area contributed by atoms with Gasteiger partial charge in [0.1, 0.15) is 0 Å². The van der Waals surface area contributed by atoms with Crippen LogP contribution in [0.4, 0.5) is 5.69 Å². The fourth-order valence-electron chi connectivity index (χ4n) is 4.61. The Morgan fingerprint density at radius 3 is 2.42 bits per heavy atom. The van der Waals surface area contributed by atoms with Gasteiger partial charge in [0.05, 0.1) is 0 Å². The highest BCUT2D eigenvalue weighted by molar-refractivity contribution is 5.65. The van der Waals surface area contributed by atoms with E-state index in [1.807, 2.05) is 6.92 Å². The van der Waals surface area contributed by atoms with Gasteiger partial charge in [-0.15, -0.1) is 0 Å². The molecular weight excluding hydrogens is 322 g/mol. The second-order valence-electron chi connectivity index (χ2n) is 8.21. The minimum absolute atomic E-state index is 0.605. The topological polar surface area (TPSA) is 51.0 Å². The standard InChI is InChI=1S/C22H31N3O/c1-16-23-22(26-25-16)19-13-12-18(14-17-8-4-2-5-9-17)21(15-19)24-20-10-6-3-7-11-20/h12-13,15,17,20,24H,2-11,14H2,1H3. The third kappa shape index (κ3) is 4.28. The molecule has 0 unspecified atom stereocenters. The summed E-state index contributed by atoms with van der Waals surface area (Å²) in [5.41, 5.74) is 3.77. The fraction of sp³-hybridized carbons (Fsp3) is 0.636. The SMILES string of the molecule is Cc1noc(-c2ccc(CC3CCCCC3)c(NC3CCCCC3)c2)n1. The number of hydrogen-bond donors (Lipinski definition) is 1. The Morgan fingerprint density at radius 2 is 1.73 bits per heavy atom. The lowest BCUT2D eigenvalue weighted by Gasteiger charge is -2.27. The summed E-state index contributed by atoms with van der Waals surface area (Å²) in [6.07, 6.45) is 14.8. The van der Waals surface area contributed by atoms with Gasteiger partial charge in [0.2, 0.25) is 0 Å². The average Bonchev–Trinajstić information content (AvgIpc) is 3.11. The summed E-state index contributed by atoms with van der Waals surface area (Å²) in [6, 6.07) is 7.28. The van der Waals surface area contributed by atoms with Gasteiger partial charge in [-0.25, -0.2) is 0 Å². The van der Waals surface area contributed by atoms with E-state index < -0.39 is 0 Å². The van der Waals surface area contributed by atoms with Crippen LogP contribution in [-0.2, 0) is 6.42 Å². The van der Waals surface area contributed by atoms with Gasteiger partial charge in [-0.1, -0.05) is 62.6 Å². The van der Waals surface area contributed by atoms with Crippen molar-refractivity contribution in [2.45, 2.75) is 83.6 Å². The van der Waals surface area contributed by atoms with Crippen LogP contribution >= 0.6 is 0 Å². The predicted molar refractivity (Wildman–Crippen MR) is 105 cm³/mol. The summed E-state index contributed by atoms with van der Waals surface area (Å²) in [6.45, 7) is 1.87. The van der Waals surface area contributed by atoms with Crippen LogP contribution < -0.4 is 5.32 Å². The van der Waals surface area contributed by atoms with Crippen molar-refractivity contribution in [1.82, 2.24) is 10.1 Å². The van der Waals surface area contributed by atoms with Crippen LogP contribution in [0.1, 0.15) is 75.6 Å². The van der Waals surface area contributed by atoms with Crippen molar-refractivity contribution in [3.05, 3.63) is 29.6 Å². The normalized spacial score (nSPS) is 19.6. The van der Waals surface area contributed by atoms with Crippen LogP contribution in [0.15, 0.2) is 22.7 Å². The van der Waals surface area contributed by atoms with Crippen molar-refractivity contribution >= 4 is 5.69 Å². The van der Waals surface area contributed by atoms with Gasteiger partial charge < -0.3 is 9.84 Å². The number of rotatable bonds is 5. The molecule has 1 heterocycles. The first-order chi connectivity index (χ1) is 12.8. The third-order valence-corrected chi connectivity index (χ3v) is 6.08. The number of aryl methyl sites for hydroxylation is 1. The summed E-state index contributed by atoms with van der Waals surface area (Å²) >= 11 is 0. The molecule has 1 N–H and O–H groups in total. The van der Waals surface area contributed by atoms with Gasteiger partial charge in [-0.2, -0.15) is 4.98 Å². The lowest BCUT2D eigenvalue weighted by Crippen LogP contribution is -2.23. The Labute approximate surface area is 156 Å². The molecule has 0 aliphatic heterocycles. The molecule has 1 aromatic heterocycles. The summed E-state index contributed by atoms with van der Waals surface area (Å²) in [7, 11) is 0. The molecule has 2 fully saturated rings. The van der Waals surface area contributed by atoms with E-state index in [2.05, 4.69) is 33.7 Å².